The number of nitrogens with zero attached hydrogens (tertiary/aromatic N) is 4. The van der Waals surface area contributed by atoms with Crippen LogP contribution in [0.3, 0.4) is 0 Å². The molecule has 0 spiro atoms. The monoisotopic (exact) mass is 1120 g/mol. The van der Waals surface area contributed by atoms with Crippen molar-refractivity contribution in [1.82, 2.24) is 62.2 Å². The molecule has 0 bridgehead atoms. The fraction of sp³-hybridized carbons (Fsp3) is 0.653. The average Bonchev–Trinajstić information content (AvgIpc) is 4.21. The zero-order valence-electron chi connectivity index (χ0n) is 43.9. The molecule has 11 N–H and O–H groups in total. The van der Waals surface area contributed by atoms with E-state index in [0.29, 0.717) is 63.8 Å². The van der Waals surface area contributed by atoms with Crippen molar-refractivity contribution in [1.29, 1.82) is 5.41 Å². The molecule has 3 aliphatic heterocycles. The molecule has 3 saturated heterocycles. The lowest BCUT2D eigenvalue weighted by molar-refractivity contribution is -0.144. The van der Waals surface area contributed by atoms with E-state index in [1.54, 1.807) is 31.0 Å². The number of aliphatic carboxylic acids is 1. The fourth-order valence-corrected chi connectivity index (χ4v) is 10.8. The van der Waals surface area contributed by atoms with Gasteiger partial charge >= 0.3 is 5.97 Å². The van der Waals surface area contributed by atoms with Gasteiger partial charge in [-0.1, -0.05) is 23.3 Å². The molecule has 4 heterocycles. The van der Waals surface area contributed by atoms with Crippen LogP contribution in [0.4, 0.5) is 0 Å². The Morgan fingerprint density at radius 1 is 0.740 bits per heavy atom. The first-order valence-electron chi connectivity index (χ1n) is 26.0. The number of amides is 9. The molecular formula is C49H75N13O13S2. The molecule has 0 saturated carbocycles. The van der Waals surface area contributed by atoms with Gasteiger partial charge in [-0.15, -0.1) is 0 Å². The van der Waals surface area contributed by atoms with E-state index in [2.05, 4.69) is 47.5 Å². The summed E-state index contributed by atoms with van der Waals surface area (Å²) in [6.45, 7) is 2.69. The molecule has 0 aliphatic carbocycles. The molecule has 1 aromatic rings. The highest BCUT2D eigenvalue weighted by molar-refractivity contribution is 8.76. The number of ketones is 1. The number of likely N-dealkylation sites (tertiary alicyclic amines) is 3. The van der Waals surface area contributed by atoms with Gasteiger partial charge in [-0.2, -0.15) is 0 Å². The molecule has 9 amide bonds. The van der Waals surface area contributed by atoms with E-state index in [-0.39, 0.29) is 69.4 Å². The van der Waals surface area contributed by atoms with Gasteiger partial charge in [0.05, 0.1) is 31.3 Å². The molecule has 3 aliphatic rings. The van der Waals surface area contributed by atoms with Crippen LogP contribution in [0.2, 0.25) is 0 Å². The number of aromatic nitrogens is 1. The molecule has 1 aromatic heterocycles. The molecule has 28 heteroatoms. The summed E-state index contributed by atoms with van der Waals surface area (Å²) in [4.78, 5) is 151. The van der Waals surface area contributed by atoms with Crippen LogP contribution in [0.5, 0.6) is 0 Å². The number of β-amino-alcohol motifs (C(OH)–C–C–N with tert-alkyl or cyclic N) is 1. The number of carboxylic acid groups (broad SMARTS) is 1. The van der Waals surface area contributed by atoms with Crippen LogP contribution < -0.4 is 42.5 Å². The van der Waals surface area contributed by atoms with Gasteiger partial charge in [0, 0.05) is 70.4 Å². The van der Waals surface area contributed by atoms with E-state index in [1.807, 2.05) is 18.2 Å². The average molecular weight is 1120 g/mol. The first-order chi connectivity index (χ1) is 36.8. The third kappa shape index (κ3) is 21.5. The lowest BCUT2D eigenvalue weighted by Gasteiger charge is -2.30. The van der Waals surface area contributed by atoms with Gasteiger partial charge < -0.3 is 62.1 Å². The van der Waals surface area contributed by atoms with Crippen molar-refractivity contribution in [2.75, 3.05) is 58.6 Å². The summed E-state index contributed by atoms with van der Waals surface area (Å²) < 4.78 is 0. The quantitative estimate of drug-likeness (QED) is 0.0175. The Morgan fingerprint density at radius 2 is 1.43 bits per heavy atom. The minimum absolute atomic E-state index is 0.0110. The second kappa shape index (κ2) is 33.0. The van der Waals surface area contributed by atoms with Crippen LogP contribution in [0.1, 0.15) is 104 Å². The molecule has 77 heavy (non-hydrogen) atoms. The minimum Gasteiger partial charge on any atom is -0.481 e. The predicted molar refractivity (Wildman–Crippen MR) is 283 cm³/mol. The van der Waals surface area contributed by atoms with E-state index in [4.69, 9.17) is 5.41 Å². The summed E-state index contributed by atoms with van der Waals surface area (Å²) in [5.74, 6) is -6.57. The van der Waals surface area contributed by atoms with Crippen molar-refractivity contribution in [2.45, 2.75) is 151 Å². The standard InChI is InChI=1S/C49H75N13O13S2/c1-30(51-3)44(71)55-27-42(68)61-24-11-14-36(61)47(74)57-33(12-9-22-54-49(50)59-39(66)15-5-4-7-20-52-38(65)19-25-76-77-40-16-6-8-21-53-40)45(72)58-34(17-18-43(69)70)48(75)62-29-32(64)26-37(62)46(73)56-28-41(67)60-23-10-13-35(60)31(2)63/h6,8,16,21,30,32-37,51,64H,4-5,7,9-15,17-20,22-29H2,1-3H3,(H,52,65)(H,55,71)(H,56,73)(H,57,74)(H,58,72)(H,69,70)(H3,50,54,59,66). The molecule has 4 rings (SSSR count). The zero-order valence-corrected chi connectivity index (χ0v) is 45.5. The molecule has 0 aromatic carbocycles. The SMILES string of the molecule is CNC(C)C(=O)NCC(=O)N1CCCC1C(=O)NC(CCCNC(=N)NC(=O)CCCCCNC(=O)CCSSc1ccccn1)C(=O)NC(CCC(=O)O)C(=O)N1CC(O)CC1C(=O)NCC(=O)N1CCCC1C(C)=O. The van der Waals surface area contributed by atoms with Crippen molar-refractivity contribution in [3.05, 3.63) is 24.4 Å². The maximum atomic E-state index is 14.3. The Morgan fingerprint density at radius 3 is 2.10 bits per heavy atom. The Kier molecular flexibility index (Phi) is 27.1. The van der Waals surface area contributed by atoms with E-state index >= 15 is 0 Å². The number of hydrogen-bond acceptors (Lipinski definition) is 17. The molecule has 426 valence electrons. The van der Waals surface area contributed by atoms with Gasteiger partial charge in [0.25, 0.3) is 0 Å². The number of aliphatic hydroxyl groups excluding tert-OH is 1. The molecule has 7 unspecified atom stereocenters. The molecule has 7 atom stereocenters. The van der Waals surface area contributed by atoms with Crippen molar-refractivity contribution >= 4 is 92.5 Å². The number of pyridine rings is 1. The first-order valence-corrected chi connectivity index (χ1v) is 28.3. The second-order valence-corrected chi connectivity index (χ2v) is 21.4. The van der Waals surface area contributed by atoms with Crippen LogP contribution in [0, 0.1) is 5.41 Å². The van der Waals surface area contributed by atoms with Crippen LogP contribution >= 0.6 is 21.6 Å². The summed E-state index contributed by atoms with van der Waals surface area (Å²) in [6.07, 6.45) is 3.16. The summed E-state index contributed by atoms with van der Waals surface area (Å²) in [5, 5.41) is 50.5. The Hall–Kier alpha value is -6.39. The van der Waals surface area contributed by atoms with Gasteiger partial charge in [0.2, 0.25) is 53.2 Å². The van der Waals surface area contributed by atoms with Crippen LogP contribution in [-0.2, 0) is 52.7 Å². The highest BCUT2D eigenvalue weighted by Gasteiger charge is 2.43. The molecule has 3 fully saturated rings. The normalized spacial score (nSPS) is 19.0. The number of likely N-dealkylation sites (N-methyl/N-ethyl adjacent to an activating group) is 1. The number of carbonyl (C=O) groups is 11. The lowest BCUT2D eigenvalue weighted by atomic mass is 10.1. The summed E-state index contributed by atoms with van der Waals surface area (Å²) in [5.41, 5.74) is 0. The van der Waals surface area contributed by atoms with Gasteiger partial charge in [-0.25, -0.2) is 4.98 Å². The summed E-state index contributed by atoms with van der Waals surface area (Å²) >= 11 is 0. The third-order valence-corrected chi connectivity index (χ3v) is 15.4. The third-order valence-electron chi connectivity index (χ3n) is 13.2. The maximum Gasteiger partial charge on any atom is 0.303 e. The van der Waals surface area contributed by atoms with Crippen molar-refractivity contribution in [2.24, 2.45) is 0 Å². The first kappa shape index (κ1) is 63.1. The number of nitrogens with one attached hydrogen (secondary N) is 9. The smallest absolute Gasteiger partial charge is 0.303 e. The molecular weight excluding hydrogens is 1040 g/mol. The topological polar surface area (TPSA) is 371 Å². The number of Topliss-reactive ketones (excluding diaryl/α,β-unsaturated/α-hetero) is 1. The van der Waals surface area contributed by atoms with Crippen LogP contribution in [-0.4, -0.2) is 202 Å². The fourth-order valence-electron chi connectivity index (χ4n) is 8.90. The summed E-state index contributed by atoms with van der Waals surface area (Å²) in [7, 11) is 4.62. The van der Waals surface area contributed by atoms with Gasteiger partial charge in [-0.05, 0) is 102 Å². The number of unbranched alkanes of at least 4 members (excludes halogenated alkanes) is 2. The number of carboxylic acids is 1. The van der Waals surface area contributed by atoms with E-state index in [1.165, 1.54) is 27.5 Å². The van der Waals surface area contributed by atoms with Gasteiger partial charge in [-0.3, -0.25) is 63.5 Å². The van der Waals surface area contributed by atoms with E-state index in [9.17, 15) is 63.0 Å². The summed E-state index contributed by atoms with van der Waals surface area (Å²) in [6, 6.07) is -0.970. The maximum absolute atomic E-state index is 14.3. The zero-order chi connectivity index (χ0) is 56.4. The minimum atomic E-state index is -1.59. The highest BCUT2D eigenvalue weighted by atomic mass is 33.1. The second-order valence-electron chi connectivity index (χ2n) is 19.0. The molecule has 0 radical (unpaired) electrons. The number of rotatable bonds is 31. The van der Waals surface area contributed by atoms with E-state index < -0.39 is 122 Å². The Balaban J connectivity index is 1.34. The highest BCUT2D eigenvalue weighted by Crippen LogP contribution is 2.29. The van der Waals surface area contributed by atoms with E-state index in [0.717, 1.165) is 9.93 Å². The number of carbonyl (C=O) groups excluding carboxylic acids is 10. The lowest BCUT2D eigenvalue weighted by Crippen LogP contribution is -2.58. The van der Waals surface area contributed by atoms with Crippen LogP contribution in [0.25, 0.3) is 0 Å². The van der Waals surface area contributed by atoms with Crippen molar-refractivity contribution < 1.29 is 63.0 Å². The number of hydrogen-bond donors (Lipinski definition) is 11. The van der Waals surface area contributed by atoms with Gasteiger partial charge in [0.15, 0.2) is 11.7 Å². The number of guanidine groups is 1. The largest absolute Gasteiger partial charge is 0.481 e. The number of aliphatic hydroxyl groups is 1. The molecule has 26 nitrogen and oxygen atoms in total. The van der Waals surface area contributed by atoms with Gasteiger partial charge in [0.1, 0.15) is 29.2 Å². The Bertz CT molecular complexity index is 2250. The predicted octanol–water partition coefficient (Wildman–Crippen LogP) is -1.48. The Labute approximate surface area is 455 Å². The van der Waals surface area contributed by atoms with Crippen molar-refractivity contribution in [3.8, 4) is 0 Å². The van der Waals surface area contributed by atoms with Crippen molar-refractivity contribution in [3.63, 3.8) is 0 Å². The van der Waals surface area contributed by atoms with Crippen LogP contribution in [0.15, 0.2) is 29.4 Å².